The van der Waals surface area contributed by atoms with Crippen LogP contribution < -0.4 is 5.73 Å². The molecule has 0 bridgehead atoms. The second kappa shape index (κ2) is 57.2. The summed E-state index contributed by atoms with van der Waals surface area (Å²) < 4.78 is 33.0. The normalized spacial score (nSPS) is 14.2. The molecule has 0 aliphatic rings. The average molecular weight is 1030 g/mol. The van der Waals surface area contributed by atoms with Crippen LogP contribution in [0.3, 0.4) is 0 Å². The number of esters is 2. The Morgan fingerprint density at radius 2 is 0.712 bits per heavy atom. The van der Waals surface area contributed by atoms with Gasteiger partial charge >= 0.3 is 19.8 Å². The van der Waals surface area contributed by atoms with Gasteiger partial charge in [-0.05, 0) is 116 Å². The van der Waals surface area contributed by atoms with Crippen LogP contribution in [-0.2, 0) is 32.7 Å². The first-order valence-electron chi connectivity index (χ1n) is 28.3. The number of hydrogen-bond acceptors (Lipinski definition) is 8. The molecule has 0 radical (unpaired) electrons. The van der Waals surface area contributed by atoms with Crippen LogP contribution in [0.4, 0.5) is 0 Å². The summed E-state index contributed by atoms with van der Waals surface area (Å²) in [4.78, 5) is 35.2. The minimum Gasteiger partial charge on any atom is -0.462 e. The lowest BCUT2D eigenvalue weighted by molar-refractivity contribution is -0.161. The fraction of sp³-hybridized carbons (Fsp3) is 0.587. The predicted molar refractivity (Wildman–Crippen MR) is 311 cm³/mol. The minimum absolute atomic E-state index is 0.0376. The molecule has 0 saturated heterocycles. The highest BCUT2D eigenvalue weighted by atomic mass is 31.2. The van der Waals surface area contributed by atoms with Crippen molar-refractivity contribution >= 4 is 19.8 Å². The van der Waals surface area contributed by atoms with Crippen LogP contribution in [0.25, 0.3) is 0 Å². The van der Waals surface area contributed by atoms with Crippen molar-refractivity contribution < 1.29 is 37.6 Å². The molecule has 9 nitrogen and oxygen atoms in total. The Morgan fingerprint density at radius 3 is 1.08 bits per heavy atom. The van der Waals surface area contributed by atoms with E-state index in [9.17, 15) is 19.0 Å². The lowest BCUT2D eigenvalue weighted by atomic mass is 10.0. The molecule has 0 heterocycles. The van der Waals surface area contributed by atoms with Gasteiger partial charge in [-0.1, -0.05) is 224 Å². The minimum atomic E-state index is -4.41. The number of rotatable bonds is 51. The molecule has 0 fully saturated rings. The molecular formula is C63H102NO8P. The fourth-order valence-corrected chi connectivity index (χ4v) is 7.88. The number of ether oxygens (including phenoxy) is 2. The van der Waals surface area contributed by atoms with Crippen molar-refractivity contribution in [2.75, 3.05) is 26.4 Å². The summed E-state index contributed by atoms with van der Waals surface area (Å²) in [6.45, 7) is 3.45. The number of carbonyl (C=O) groups is 2. The van der Waals surface area contributed by atoms with Gasteiger partial charge in [-0.3, -0.25) is 18.6 Å². The maximum atomic E-state index is 12.7. The second-order valence-corrected chi connectivity index (χ2v) is 19.5. The highest BCUT2D eigenvalue weighted by Gasteiger charge is 2.26. The molecule has 0 spiro atoms. The highest BCUT2D eigenvalue weighted by molar-refractivity contribution is 7.47. The van der Waals surface area contributed by atoms with Crippen molar-refractivity contribution in [3.05, 3.63) is 146 Å². The second-order valence-electron chi connectivity index (χ2n) is 18.0. The Balaban J connectivity index is 4.13. The molecule has 0 aromatic carbocycles. The number of carbonyl (C=O) groups excluding carboxylic acids is 2. The monoisotopic (exact) mass is 1030 g/mol. The molecule has 0 amide bonds. The Morgan fingerprint density at radius 1 is 0.411 bits per heavy atom. The number of unbranched alkanes of at least 4 members (excludes halogenated alkanes) is 14. The lowest BCUT2D eigenvalue weighted by Crippen LogP contribution is -2.29. The van der Waals surface area contributed by atoms with Crippen LogP contribution in [0.2, 0.25) is 0 Å². The van der Waals surface area contributed by atoms with E-state index in [1.807, 2.05) is 0 Å². The maximum Gasteiger partial charge on any atom is 0.472 e. The smallest absolute Gasteiger partial charge is 0.462 e. The van der Waals surface area contributed by atoms with Crippen molar-refractivity contribution in [2.24, 2.45) is 5.73 Å². The van der Waals surface area contributed by atoms with Crippen LogP contribution in [0.1, 0.15) is 206 Å². The SMILES string of the molecule is CC/C=C\C/C=C\C/C=C\C/C=C\C/C=C\C/C=C\C/C=C\C/C=C\CCCCC(=O)OC(COC(=O)CCCCCCCCCCCCCC/C=C\C/C=C\C/C=C\C/C=C\CC)COP(=O)(O)OCCN. The van der Waals surface area contributed by atoms with E-state index in [-0.39, 0.29) is 32.6 Å². The third-order valence-electron chi connectivity index (χ3n) is 11.2. The zero-order valence-corrected chi connectivity index (χ0v) is 46.7. The van der Waals surface area contributed by atoms with Gasteiger partial charge in [0.15, 0.2) is 6.10 Å². The summed E-state index contributed by atoms with van der Waals surface area (Å²) >= 11 is 0. The van der Waals surface area contributed by atoms with Gasteiger partial charge in [0, 0.05) is 19.4 Å². The molecule has 73 heavy (non-hydrogen) atoms. The first-order valence-corrected chi connectivity index (χ1v) is 29.8. The van der Waals surface area contributed by atoms with E-state index in [0.717, 1.165) is 109 Å². The summed E-state index contributed by atoms with van der Waals surface area (Å²) in [6, 6.07) is 0. The largest absolute Gasteiger partial charge is 0.472 e. The Hall–Kier alpha value is -4.11. The summed E-state index contributed by atoms with van der Waals surface area (Å²) in [7, 11) is -4.41. The average Bonchev–Trinajstić information content (AvgIpc) is 3.38. The van der Waals surface area contributed by atoms with E-state index in [4.69, 9.17) is 24.3 Å². The van der Waals surface area contributed by atoms with Crippen molar-refractivity contribution in [2.45, 2.75) is 213 Å². The van der Waals surface area contributed by atoms with Crippen molar-refractivity contribution in [1.29, 1.82) is 0 Å². The van der Waals surface area contributed by atoms with Gasteiger partial charge in [-0.2, -0.15) is 0 Å². The molecule has 10 heteroatoms. The molecule has 3 N–H and O–H groups in total. The van der Waals surface area contributed by atoms with Crippen LogP contribution in [0, 0.1) is 0 Å². The Labute approximate surface area is 446 Å². The van der Waals surface area contributed by atoms with Gasteiger partial charge in [0.1, 0.15) is 6.61 Å². The molecule has 0 saturated carbocycles. The topological polar surface area (TPSA) is 134 Å². The van der Waals surface area contributed by atoms with Crippen molar-refractivity contribution in [1.82, 2.24) is 0 Å². The third kappa shape index (κ3) is 57.0. The Bertz CT molecular complexity index is 1700. The molecule has 2 atom stereocenters. The van der Waals surface area contributed by atoms with E-state index in [2.05, 4.69) is 160 Å². The molecule has 0 aromatic heterocycles. The van der Waals surface area contributed by atoms with Crippen LogP contribution in [0.15, 0.2) is 146 Å². The van der Waals surface area contributed by atoms with Crippen LogP contribution in [0.5, 0.6) is 0 Å². The zero-order chi connectivity index (χ0) is 53.1. The van der Waals surface area contributed by atoms with Crippen molar-refractivity contribution in [3.8, 4) is 0 Å². The first-order chi connectivity index (χ1) is 35.8. The summed E-state index contributed by atoms with van der Waals surface area (Å²) in [5.41, 5.74) is 5.38. The highest BCUT2D eigenvalue weighted by Crippen LogP contribution is 2.43. The van der Waals surface area contributed by atoms with Crippen LogP contribution >= 0.6 is 7.82 Å². The van der Waals surface area contributed by atoms with Gasteiger partial charge < -0.3 is 20.1 Å². The maximum absolute atomic E-state index is 12.7. The van der Waals surface area contributed by atoms with E-state index in [1.54, 1.807) is 0 Å². The van der Waals surface area contributed by atoms with Gasteiger partial charge in [0.05, 0.1) is 13.2 Å². The molecule has 412 valence electrons. The predicted octanol–water partition coefficient (Wildman–Crippen LogP) is 18.0. The van der Waals surface area contributed by atoms with Crippen LogP contribution in [-0.4, -0.2) is 49.3 Å². The lowest BCUT2D eigenvalue weighted by Gasteiger charge is -2.19. The molecular weight excluding hydrogens is 930 g/mol. The van der Waals surface area contributed by atoms with E-state index in [1.165, 1.54) is 57.8 Å². The van der Waals surface area contributed by atoms with E-state index < -0.39 is 32.5 Å². The van der Waals surface area contributed by atoms with Gasteiger partial charge in [-0.25, -0.2) is 4.57 Å². The van der Waals surface area contributed by atoms with Gasteiger partial charge in [0.2, 0.25) is 0 Å². The molecule has 0 aromatic rings. The first kappa shape index (κ1) is 68.9. The van der Waals surface area contributed by atoms with E-state index in [0.29, 0.717) is 12.8 Å². The number of nitrogens with two attached hydrogens (primary N) is 1. The number of allylic oxidation sites excluding steroid dienone is 24. The molecule has 0 aliphatic heterocycles. The molecule has 2 unspecified atom stereocenters. The number of hydrogen-bond donors (Lipinski definition) is 2. The Kier molecular flexibility index (Phi) is 54.0. The third-order valence-corrected chi connectivity index (χ3v) is 12.2. The van der Waals surface area contributed by atoms with Crippen molar-refractivity contribution in [3.63, 3.8) is 0 Å². The standard InChI is InChI=1S/C63H102NO8P/c1-3-5-7-9-11-13-15-17-19-21-23-25-27-29-30-32-34-36-38-40-42-44-46-48-50-52-54-56-63(66)72-61(60-71-73(67,68)70-58-57-64)59-69-62(65)55-53-51-49-47-45-43-41-39-37-35-33-31-28-26-24-22-20-18-16-14-12-10-8-6-4-2/h5-8,11-14,17-20,23-26,29-30,34,36,40,42,46,48,61H,3-4,9-10,15-16,21-22,27-28,31-33,35,37-39,41,43-45,47,49-60,64H2,1-2H3,(H,67,68)/b7-5-,8-6-,13-11-,14-12-,19-17-,20-18-,25-23-,26-24-,30-29-,36-34-,42-40-,48-46-. The van der Waals surface area contributed by atoms with E-state index >= 15 is 0 Å². The number of phosphoric acid groups is 1. The summed E-state index contributed by atoms with van der Waals surface area (Å²) in [6.07, 6.45) is 81.8. The quantitative estimate of drug-likeness (QED) is 0.0264. The van der Waals surface area contributed by atoms with Gasteiger partial charge in [0.25, 0.3) is 0 Å². The number of phosphoric ester groups is 1. The summed E-state index contributed by atoms with van der Waals surface area (Å²) in [5, 5.41) is 0. The zero-order valence-electron chi connectivity index (χ0n) is 45.8. The summed E-state index contributed by atoms with van der Waals surface area (Å²) in [5.74, 6) is -0.892. The van der Waals surface area contributed by atoms with Gasteiger partial charge in [-0.15, -0.1) is 0 Å². The molecule has 0 aliphatic carbocycles. The molecule has 0 rings (SSSR count). The fourth-order valence-electron chi connectivity index (χ4n) is 7.11.